The molecule has 0 radical (unpaired) electrons. The summed E-state index contributed by atoms with van der Waals surface area (Å²) in [6, 6.07) is 5.31. The molecule has 0 aromatic heterocycles. The van der Waals surface area contributed by atoms with E-state index < -0.39 is 23.7 Å². The zero-order valence-electron chi connectivity index (χ0n) is 12.1. The lowest BCUT2D eigenvalue weighted by molar-refractivity contribution is -0.140. The lowest BCUT2D eigenvalue weighted by Gasteiger charge is -2.22. The number of hydrogen-bond donors (Lipinski definition) is 2. The highest BCUT2D eigenvalue weighted by atomic mass is 35.5. The van der Waals surface area contributed by atoms with Gasteiger partial charge >= 0.3 is 12.1 Å². The van der Waals surface area contributed by atoms with Crippen LogP contribution in [0, 0.1) is 0 Å². The van der Waals surface area contributed by atoms with Gasteiger partial charge in [0.25, 0.3) is 0 Å². The van der Waals surface area contributed by atoms with Crippen LogP contribution in [0.1, 0.15) is 20.8 Å². The first-order chi connectivity index (χ1) is 9.67. The first-order valence-electron chi connectivity index (χ1n) is 6.28. The molecular weight excluding hydrogens is 298 g/mol. The summed E-state index contributed by atoms with van der Waals surface area (Å²) < 4.78 is 10.3. The molecular formula is C14H18ClNO5. The van der Waals surface area contributed by atoms with Crippen molar-refractivity contribution in [3.8, 4) is 5.75 Å². The van der Waals surface area contributed by atoms with Crippen molar-refractivity contribution in [2.24, 2.45) is 0 Å². The molecule has 0 aliphatic carbocycles. The van der Waals surface area contributed by atoms with E-state index in [-0.39, 0.29) is 6.61 Å². The minimum atomic E-state index is -1.22. The molecule has 7 heteroatoms. The van der Waals surface area contributed by atoms with Gasteiger partial charge in [-0.15, -0.1) is 0 Å². The zero-order valence-corrected chi connectivity index (χ0v) is 12.8. The van der Waals surface area contributed by atoms with E-state index in [9.17, 15) is 9.59 Å². The van der Waals surface area contributed by atoms with Crippen molar-refractivity contribution in [1.29, 1.82) is 0 Å². The lowest BCUT2D eigenvalue weighted by Crippen LogP contribution is -2.46. The van der Waals surface area contributed by atoms with Gasteiger partial charge in [0.2, 0.25) is 0 Å². The van der Waals surface area contributed by atoms with Crippen LogP contribution >= 0.6 is 11.6 Å². The Hall–Kier alpha value is -1.95. The maximum atomic E-state index is 11.6. The van der Waals surface area contributed by atoms with Crippen LogP contribution in [0.5, 0.6) is 5.75 Å². The molecule has 0 saturated heterocycles. The molecule has 1 atom stereocenters. The summed E-state index contributed by atoms with van der Waals surface area (Å²) in [5.41, 5.74) is -0.707. The molecule has 1 rings (SSSR count). The third-order valence-corrected chi connectivity index (χ3v) is 2.44. The first-order valence-corrected chi connectivity index (χ1v) is 6.66. The zero-order chi connectivity index (χ0) is 16.0. The van der Waals surface area contributed by atoms with Gasteiger partial charge in [0.1, 0.15) is 18.0 Å². The normalized spacial score (nSPS) is 12.4. The number of hydrogen-bond acceptors (Lipinski definition) is 4. The van der Waals surface area contributed by atoms with Crippen molar-refractivity contribution < 1.29 is 24.2 Å². The van der Waals surface area contributed by atoms with Crippen LogP contribution in [0.4, 0.5) is 4.79 Å². The largest absolute Gasteiger partial charge is 0.491 e. The fraction of sp³-hybridized carbons (Fsp3) is 0.429. The number of alkyl carbamates (subject to hydrolysis) is 1. The summed E-state index contributed by atoms with van der Waals surface area (Å²) in [6.45, 7) is 4.81. The number of aliphatic carboxylic acids is 1. The van der Waals surface area contributed by atoms with E-state index in [4.69, 9.17) is 26.2 Å². The Labute approximate surface area is 128 Å². The van der Waals surface area contributed by atoms with Gasteiger partial charge in [-0.3, -0.25) is 0 Å². The maximum Gasteiger partial charge on any atom is 0.408 e. The predicted molar refractivity (Wildman–Crippen MR) is 77.7 cm³/mol. The number of carboxylic acids is 1. The first kappa shape index (κ1) is 17.1. The molecule has 116 valence electrons. The second-order valence-electron chi connectivity index (χ2n) is 5.31. The minimum Gasteiger partial charge on any atom is -0.491 e. The van der Waals surface area contributed by atoms with Crippen LogP contribution in [-0.2, 0) is 9.53 Å². The van der Waals surface area contributed by atoms with Crippen LogP contribution in [0.25, 0.3) is 0 Å². The number of carbonyl (C=O) groups excluding carboxylic acids is 1. The average molecular weight is 316 g/mol. The van der Waals surface area contributed by atoms with E-state index >= 15 is 0 Å². The Balaban J connectivity index is 2.58. The highest BCUT2D eigenvalue weighted by Crippen LogP contribution is 2.17. The molecule has 0 heterocycles. The predicted octanol–water partition coefficient (Wildman–Crippen LogP) is 2.70. The van der Waals surface area contributed by atoms with E-state index in [1.807, 2.05) is 0 Å². The fourth-order valence-electron chi connectivity index (χ4n) is 1.36. The van der Waals surface area contributed by atoms with E-state index in [1.165, 1.54) is 0 Å². The number of amides is 1. The highest BCUT2D eigenvalue weighted by molar-refractivity contribution is 6.30. The molecule has 2 N–H and O–H groups in total. The Bertz CT molecular complexity index is 512. The van der Waals surface area contributed by atoms with Gasteiger partial charge in [0.15, 0.2) is 6.04 Å². The van der Waals surface area contributed by atoms with Gasteiger partial charge in [0.05, 0.1) is 0 Å². The molecule has 0 aliphatic rings. The van der Waals surface area contributed by atoms with Crippen molar-refractivity contribution in [1.82, 2.24) is 5.32 Å². The number of halogens is 1. The molecule has 1 aromatic rings. The Morgan fingerprint density at radius 3 is 2.57 bits per heavy atom. The molecule has 0 fully saturated rings. The smallest absolute Gasteiger partial charge is 0.408 e. The van der Waals surface area contributed by atoms with E-state index in [0.717, 1.165) is 0 Å². The molecule has 1 aromatic carbocycles. The van der Waals surface area contributed by atoms with Crippen LogP contribution in [-0.4, -0.2) is 35.4 Å². The van der Waals surface area contributed by atoms with Crippen LogP contribution in [0.15, 0.2) is 24.3 Å². The molecule has 0 spiro atoms. The van der Waals surface area contributed by atoms with Gasteiger partial charge in [-0.2, -0.15) is 0 Å². The van der Waals surface area contributed by atoms with Crippen LogP contribution < -0.4 is 10.1 Å². The van der Waals surface area contributed by atoms with Gasteiger partial charge in [-0.05, 0) is 39.0 Å². The molecule has 1 unspecified atom stereocenters. The average Bonchev–Trinajstić information content (AvgIpc) is 2.32. The molecule has 21 heavy (non-hydrogen) atoms. The number of carbonyl (C=O) groups is 2. The number of carboxylic acid groups (broad SMARTS) is 1. The molecule has 0 aliphatic heterocycles. The monoisotopic (exact) mass is 315 g/mol. The van der Waals surface area contributed by atoms with Gasteiger partial charge in [0, 0.05) is 5.02 Å². The maximum absolute atomic E-state index is 11.6. The molecule has 1 amide bonds. The topological polar surface area (TPSA) is 84.9 Å². The Morgan fingerprint density at radius 2 is 2.05 bits per heavy atom. The van der Waals surface area contributed by atoms with Gasteiger partial charge < -0.3 is 19.9 Å². The third-order valence-electron chi connectivity index (χ3n) is 2.20. The molecule has 6 nitrogen and oxygen atoms in total. The third kappa shape index (κ3) is 6.85. The minimum absolute atomic E-state index is 0.241. The number of nitrogens with one attached hydrogen (secondary N) is 1. The summed E-state index contributed by atoms with van der Waals surface area (Å²) >= 11 is 5.79. The Kier molecular flexibility index (Phi) is 5.84. The number of ether oxygens (including phenoxy) is 2. The lowest BCUT2D eigenvalue weighted by atomic mass is 10.2. The van der Waals surface area contributed by atoms with Crippen molar-refractivity contribution >= 4 is 23.7 Å². The van der Waals surface area contributed by atoms with E-state index in [2.05, 4.69) is 5.32 Å². The summed E-state index contributed by atoms with van der Waals surface area (Å²) in [6.07, 6.45) is -0.815. The molecule has 0 bridgehead atoms. The van der Waals surface area contributed by atoms with Crippen LogP contribution in [0.2, 0.25) is 5.02 Å². The summed E-state index contributed by atoms with van der Waals surface area (Å²) in [5, 5.41) is 11.8. The molecule has 0 saturated carbocycles. The van der Waals surface area contributed by atoms with Gasteiger partial charge in [-0.1, -0.05) is 17.7 Å². The van der Waals surface area contributed by atoms with Crippen molar-refractivity contribution in [2.75, 3.05) is 6.61 Å². The van der Waals surface area contributed by atoms with E-state index in [0.29, 0.717) is 10.8 Å². The van der Waals surface area contributed by atoms with E-state index in [1.54, 1.807) is 45.0 Å². The summed E-state index contributed by atoms with van der Waals surface area (Å²) in [7, 11) is 0. The second-order valence-corrected chi connectivity index (χ2v) is 5.74. The second kappa shape index (κ2) is 7.17. The number of rotatable bonds is 5. The van der Waals surface area contributed by atoms with Crippen molar-refractivity contribution in [3.05, 3.63) is 29.3 Å². The fourth-order valence-corrected chi connectivity index (χ4v) is 1.54. The highest BCUT2D eigenvalue weighted by Gasteiger charge is 2.24. The van der Waals surface area contributed by atoms with Crippen LogP contribution in [0.3, 0.4) is 0 Å². The SMILES string of the molecule is CC(C)(C)OC(=O)NC(COc1cccc(Cl)c1)C(=O)O. The van der Waals surface area contributed by atoms with Gasteiger partial charge in [-0.25, -0.2) is 9.59 Å². The summed E-state index contributed by atoms with van der Waals surface area (Å²) in [4.78, 5) is 22.7. The number of benzene rings is 1. The summed E-state index contributed by atoms with van der Waals surface area (Å²) in [5.74, 6) is -0.803. The standard InChI is InChI=1S/C14H18ClNO5/c1-14(2,3)21-13(19)16-11(12(17)18)8-20-10-6-4-5-9(15)7-10/h4-7,11H,8H2,1-3H3,(H,16,19)(H,17,18). The quantitative estimate of drug-likeness (QED) is 0.872. The Morgan fingerprint density at radius 1 is 1.38 bits per heavy atom. The van der Waals surface area contributed by atoms with Crippen molar-refractivity contribution in [3.63, 3.8) is 0 Å². The van der Waals surface area contributed by atoms with Crippen molar-refractivity contribution in [2.45, 2.75) is 32.4 Å².